The van der Waals surface area contributed by atoms with Crippen LogP contribution in [0.15, 0.2) is 17.1 Å². The van der Waals surface area contributed by atoms with Gasteiger partial charge < -0.3 is 24.8 Å². The number of ether oxygens (including phenoxy) is 3. The lowest BCUT2D eigenvalue weighted by Gasteiger charge is -2.18. The van der Waals surface area contributed by atoms with Crippen LogP contribution in [0.5, 0.6) is 17.2 Å². The maximum absolute atomic E-state index is 12.7. The molecule has 9 nitrogen and oxygen atoms in total. The summed E-state index contributed by atoms with van der Waals surface area (Å²) in [6.45, 7) is 0.251. The molecule has 1 aliphatic rings. The van der Waals surface area contributed by atoms with Crippen molar-refractivity contribution in [3.05, 3.63) is 17.7 Å². The second-order valence-corrected chi connectivity index (χ2v) is 8.13. The Labute approximate surface area is 192 Å². The van der Waals surface area contributed by atoms with Crippen LogP contribution in [-0.4, -0.2) is 65.0 Å². The third-order valence-corrected chi connectivity index (χ3v) is 5.52. The molecular formula is C17H27F2IN4O5S. The Morgan fingerprint density at radius 2 is 1.97 bits per heavy atom. The van der Waals surface area contributed by atoms with Crippen LogP contribution in [0.1, 0.15) is 18.9 Å². The van der Waals surface area contributed by atoms with E-state index >= 15 is 0 Å². The van der Waals surface area contributed by atoms with Crippen molar-refractivity contribution in [3.63, 3.8) is 0 Å². The predicted octanol–water partition coefficient (Wildman–Crippen LogP) is 1.97. The third-order valence-electron chi connectivity index (χ3n) is 4.14. The molecule has 0 aliphatic carbocycles. The first kappa shape index (κ1) is 26.4. The van der Waals surface area contributed by atoms with E-state index in [4.69, 9.17) is 9.47 Å². The van der Waals surface area contributed by atoms with Gasteiger partial charge in [-0.1, -0.05) is 6.92 Å². The summed E-state index contributed by atoms with van der Waals surface area (Å²) in [5, 5.41) is 6.06. The highest BCUT2D eigenvalue weighted by Gasteiger charge is 2.20. The molecule has 1 aromatic rings. The molecule has 30 heavy (non-hydrogen) atoms. The molecule has 0 saturated carbocycles. The summed E-state index contributed by atoms with van der Waals surface area (Å²) in [5.74, 6) is 1.22. The van der Waals surface area contributed by atoms with E-state index in [1.54, 1.807) is 20.0 Å². The molecule has 0 spiro atoms. The molecule has 0 fully saturated rings. The summed E-state index contributed by atoms with van der Waals surface area (Å²) in [7, 11) is -1.66. The number of halogens is 3. The van der Waals surface area contributed by atoms with Gasteiger partial charge in [0.1, 0.15) is 5.75 Å². The molecule has 0 bridgehead atoms. The fourth-order valence-electron chi connectivity index (χ4n) is 2.73. The number of sulfonamides is 1. The zero-order valence-electron chi connectivity index (χ0n) is 17.0. The highest BCUT2D eigenvalue weighted by Crippen LogP contribution is 2.38. The standard InChI is InChI=1S/C17H26F2N4O5S.HI/c1-4-23(29(3,24)25)7-5-6-21-17(20-2)22-10-12-8-14-15(27-11-26-14)9-13(12)28-16(18)19;/h8-9,16H,4-7,10-11H2,1-3H3,(H2,20,21,22);1H. The van der Waals surface area contributed by atoms with Gasteiger partial charge in [-0.05, 0) is 12.5 Å². The maximum Gasteiger partial charge on any atom is 0.387 e. The largest absolute Gasteiger partial charge is 0.454 e. The molecule has 13 heteroatoms. The molecule has 1 aromatic carbocycles. The maximum atomic E-state index is 12.7. The third kappa shape index (κ3) is 7.91. The van der Waals surface area contributed by atoms with E-state index in [0.717, 1.165) is 0 Å². The Morgan fingerprint density at radius 3 is 2.53 bits per heavy atom. The summed E-state index contributed by atoms with van der Waals surface area (Å²) in [5.41, 5.74) is 0.451. The monoisotopic (exact) mass is 564 g/mol. The van der Waals surface area contributed by atoms with E-state index in [9.17, 15) is 17.2 Å². The molecule has 172 valence electrons. The van der Waals surface area contributed by atoms with Crippen LogP contribution in [0.3, 0.4) is 0 Å². The van der Waals surface area contributed by atoms with Gasteiger partial charge in [0, 0.05) is 44.9 Å². The van der Waals surface area contributed by atoms with Crippen LogP contribution in [0, 0.1) is 0 Å². The number of hydrogen-bond donors (Lipinski definition) is 2. The van der Waals surface area contributed by atoms with Gasteiger partial charge in [0.2, 0.25) is 16.8 Å². The number of rotatable bonds is 10. The molecule has 2 rings (SSSR count). The van der Waals surface area contributed by atoms with Crippen LogP contribution >= 0.6 is 24.0 Å². The molecule has 1 aliphatic heterocycles. The van der Waals surface area contributed by atoms with Crippen LogP contribution in [0.2, 0.25) is 0 Å². The summed E-state index contributed by atoms with van der Waals surface area (Å²) in [6.07, 6.45) is 1.75. The van der Waals surface area contributed by atoms with Gasteiger partial charge in [-0.3, -0.25) is 4.99 Å². The van der Waals surface area contributed by atoms with E-state index in [1.165, 1.54) is 16.6 Å². The van der Waals surface area contributed by atoms with Crippen LogP contribution < -0.4 is 24.8 Å². The van der Waals surface area contributed by atoms with Crippen molar-refractivity contribution in [1.82, 2.24) is 14.9 Å². The van der Waals surface area contributed by atoms with Gasteiger partial charge in [0.05, 0.1) is 6.26 Å². The average molecular weight is 564 g/mol. The Balaban J connectivity index is 0.00000450. The highest BCUT2D eigenvalue weighted by molar-refractivity contribution is 14.0. The zero-order valence-corrected chi connectivity index (χ0v) is 20.1. The lowest BCUT2D eigenvalue weighted by molar-refractivity contribution is -0.0505. The number of nitrogens with zero attached hydrogens (tertiary/aromatic N) is 2. The molecule has 0 unspecified atom stereocenters. The van der Waals surface area contributed by atoms with Crippen LogP contribution in [0.4, 0.5) is 8.78 Å². The zero-order chi connectivity index (χ0) is 21.4. The smallest absolute Gasteiger partial charge is 0.387 e. The fourth-order valence-corrected chi connectivity index (χ4v) is 3.66. The lowest BCUT2D eigenvalue weighted by Crippen LogP contribution is -2.39. The minimum Gasteiger partial charge on any atom is -0.454 e. The van der Waals surface area contributed by atoms with Crippen molar-refractivity contribution in [1.29, 1.82) is 0 Å². The molecule has 0 saturated heterocycles. The molecule has 0 radical (unpaired) electrons. The molecule has 0 amide bonds. The van der Waals surface area contributed by atoms with Gasteiger partial charge >= 0.3 is 6.61 Å². The van der Waals surface area contributed by atoms with Gasteiger partial charge in [-0.25, -0.2) is 12.7 Å². The Hall–Kier alpha value is -1.61. The predicted molar refractivity (Wildman–Crippen MR) is 120 cm³/mol. The molecule has 1 heterocycles. The summed E-state index contributed by atoms with van der Waals surface area (Å²) >= 11 is 0. The molecule has 0 atom stereocenters. The summed E-state index contributed by atoms with van der Waals surface area (Å²) in [6, 6.07) is 2.94. The molecule has 0 aromatic heterocycles. The number of guanidine groups is 1. The van der Waals surface area contributed by atoms with E-state index in [1.807, 2.05) is 0 Å². The fraction of sp³-hybridized carbons (Fsp3) is 0.588. The van der Waals surface area contributed by atoms with Gasteiger partial charge in [0.25, 0.3) is 0 Å². The Morgan fingerprint density at radius 1 is 1.30 bits per heavy atom. The molecular weight excluding hydrogens is 537 g/mol. The number of nitrogens with one attached hydrogen (secondary N) is 2. The Bertz CT molecular complexity index is 827. The van der Waals surface area contributed by atoms with Crippen molar-refractivity contribution >= 4 is 40.0 Å². The second-order valence-electron chi connectivity index (χ2n) is 6.15. The van der Waals surface area contributed by atoms with Crippen LogP contribution in [-0.2, 0) is 16.6 Å². The first-order chi connectivity index (χ1) is 13.7. The SMILES string of the molecule is CCN(CCCNC(=NC)NCc1cc2c(cc1OC(F)F)OCO2)S(C)(=O)=O.I. The van der Waals surface area contributed by atoms with E-state index in [2.05, 4.69) is 20.4 Å². The molecule has 2 N–H and O–H groups in total. The van der Waals surface area contributed by atoms with E-state index in [0.29, 0.717) is 49.1 Å². The average Bonchev–Trinajstić information content (AvgIpc) is 3.09. The lowest BCUT2D eigenvalue weighted by atomic mass is 10.1. The quantitative estimate of drug-likeness (QED) is 0.194. The van der Waals surface area contributed by atoms with Gasteiger partial charge in [-0.15, -0.1) is 24.0 Å². The van der Waals surface area contributed by atoms with Crippen molar-refractivity contribution < 1.29 is 31.4 Å². The van der Waals surface area contributed by atoms with Crippen molar-refractivity contribution in [2.24, 2.45) is 4.99 Å². The van der Waals surface area contributed by atoms with Gasteiger partial charge in [0.15, 0.2) is 17.5 Å². The summed E-state index contributed by atoms with van der Waals surface area (Å²) in [4.78, 5) is 4.07. The number of benzene rings is 1. The number of fused-ring (bicyclic) bond motifs is 1. The van der Waals surface area contributed by atoms with Crippen molar-refractivity contribution in [3.8, 4) is 17.2 Å². The van der Waals surface area contributed by atoms with Crippen LogP contribution in [0.25, 0.3) is 0 Å². The Kier molecular flexibility index (Phi) is 10.8. The van der Waals surface area contributed by atoms with Crippen molar-refractivity contribution in [2.45, 2.75) is 26.5 Å². The normalized spacial score (nSPS) is 13.4. The highest BCUT2D eigenvalue weighted by atomic mass is 127. The van der Waals surface area contributed by atoms with Crippen molar-refractivity contribution in [2.75, 3.05) is 39.7 Å². The number of hydrogen-bond acceptors (Lipinski definition) is 6. The minimum atomic E-state index is -3.22. The first-order valence-corrected chi connectivity index (χ1v) is 10.9. The summed E-state index contributed by atoms with van der Waals surface area (Å²) < 4.78 is 65.0. The topological polar surface area (TPSA) is 101 Å². The van der Waals surface area contributed by atoms with E-state index in [-0.39, 0.29) is 43.1 Å². The minimum absolute atomic E-state index is 0. The van der Waals surface area contributed by atoms with Gasteiger partial charge in [-0.2, -0.15) is 8.78 Å². The first-order valence-electron chi connectivity index (χ1n) is 9.01. The number of aliphatic imine (C=N–C) groups is 1. The van der Waals surface area contributed by atoms with E-state index < -0.39 is 16.6 Å². The second kappa shape index (κ2) is 12.3. The number of alkyl halides is 2.